The summed E-state index contributed by atoms with van der Waals surface area (Å²) in [6.07, 6.45) is 11.3. The van der Waals surface area contributed by atoms with E-state index in [9.17, 15) is 0 Å². The van der Waals surface area contributed by atoms with Gasteiger partial charge in [0.05, 0.1) is 0 Å². The lowest BCUT2D eigenvalue weighted by Crippen LogP contribution is -2.37. The zero-order chi connectivity index (χ0) is 16.0. The zero-order valence-corrected chi connectivity index (χ0v) is 17.3. The molecule has 1 heterocycles. The number of nitrogens with zero attached hydrogens (tertiary/aromatic N) is 3. The van der Waals surface area contributed by atoms with E-state index < -0.39 is 0 Å². The minimum atomic E-state index is 0. The number of unbranched alkanes of at least 4 members (excludes halogenated alkanes) is 4. The number of hydrogen-bond acceptors (Lipinski definition) is 2. The highest BCUT2D eigenvalue weighted by atomic mass is 127. The highest BCUT2D eigenvalue weighted by Gasteiger charge is 1.98. The van der Waals surface area contributed by atoms with Crippen LogP contribution in [0.5, 0.6) is 0 Å². The molecule has 2 N–H and O–H groups in total. The molecule has 0 aliphatic heterocycles. The monoisotopic (exact) mass is 435 g/mol. The van der Waals surface area contributed by atoms with Crippen LogP contribution in [-0.2, 0) is 6.54 Å². The van der Waals surface area contributed by atoms with Crippen LogP contribution in [0.25, 0.3) is 0 Å². The van der Waals surface area contributed by atoms with Crippen LogP contribution in [0.15, 0.2) is 17.4 Å². The molecule has 0 radical (unpaired) electrons. The summed E-state index contributed by atoms with van der Waals surface area (Å²) in [7, 11) is 0. The predicted molar refractivity (Wildman–Crippen MR) is 110 cm³/mol. The summed E-state index contributed by atoms with van der Waals surface area (Å²) >= 11 is 0. The van der Waals surface area contributed by atoms with Gasteiger partial charge in [-0.15, -0.1) is 24.0 Å². The van der Waals surface area contributed by atoms with E-state index in [-0.39, 0.29) is 24.0 Å². The summed E-state index contributed by atoms with van der Waals surface area (Å²) in [5.41, 5.74) is 0. The molecule has 0 atom stereocenters. The van der Waals surface area contributed by atoms with Crippen molar-refractivity contribution in [1.29, 1.82) is 0 Å². The average Bonchev–Trinajstić information content (AvgIpc) is 2.92. The minimum Gasteiger partial charge on any atom is -0.357 e. The summed E-state index contributed by atoms with van der Waals surface area (Å²) in [5, 5.41) is 6.73. The van der Waals surface area contributed by atoms with Crippen LogP contribution in [0.2, 0.25) is 0 Å². The molecular weight excluding hydrogens is 401 g/mol. The molecule has 0 aliphatic carbocycles. The van der Waals surface area contributed by atoms with Crippen molar-refractivity contribution in [3.63, 3.8) is 0 Å². The highest BCUT2D eigenvalue weighted by Crippen LogP contribution is 2.00. The fraction of sp³-hybridized carbons (Fsp3) is 0.765. The van der Waals surface area contributed by atoms with Crippen molar-refractivity contribution < 1.29 is 0 Å². The summed E-state index contributed by atoms with van der Waals surface area (Å²) in [6.45, 7) is 10.2. The van der Waals surface area contributed by atoms with Gasteiger partial charge in [-0.05, 0) is 33.1 Å². The summed E-state index contributed by atoms with van der Waals surface area (Å²) in [5.74, 6) is 2.05. The van der Waals surface area contributed by atoms with Gasteiger partial charge in [0.2, 0.25) is 0 Å². The molecular formula is C17H34IN5. The largest absolute Gasteiger partial charge is 0.357 e. The van der Waals surface area contributed by atoms with E-state index in [1.165, 1.54) is 25.7 Å². The lowest BCUT2D eigenvalue weighted by atomic mass is 10.2. The third-order valence-corrected chi connectivity index (χ3v) is 3.67. The van der Waals surface area contributed by atoms with Crippen LogP contribution >= 0.6 is 24.0 Å². The zero-order valence-electron chi connectivity index (χ0n) is 15.0. The average molecular weight is 435 g/mol. The number of halogens is 1. The minimum absolute atomic E-state index is 0. The van der Waals surface area contributed by atoms with E-state index in [4.69, 9.17) is 0 Å². The summed E-state index contributed by atoms with van der Waals surface area (Å²) in [6, 6.07) is 0. The molecule has 0 spiro atoms. The quantitative estimate of drug-likeness (QED) is 0.241. The fourth-order valence-electron chi connectivity index (χ4n) is 2.33. The normalized spacial score (nSPS) is 11.2. The standard InChI is InChI=1S/C17H33N5.HI/c1-4-6-7-8-11-20-17(18-5-2)21-12-9-10-14-22-15-13-19-16(22)3;/h13,15H,4-12,14H2,1-3H3,(H2,18,20,21);1H. The van der Waals surface area contributed by atoms with Crippen LogP contribution in [0.4, 0.5) is 0 Å². The lowest BCUT2D eigenvalue weighted by Gasteiger charge is -2.11. The Hall–Kier alpha value is -0.790. The highest BCUT2D eigenvalue weighted by molar-refractivity contribution is 14.0. The molecule has 1 rings (SSSR count). The summed E-state index contributed by atoms with van der Waals surface area (Å²) < 4.78 is 2.20. The van der Waals surface area contributed by atoms with Crippen LogP contribution in [0, 0.1) is 6.92 Å². The van der Waals surface area contributed by atoms with Gasteiger partial charge >= 0.3 is 0 Å². The van der Waals surface area contributed by atoms with E-state index in [0.29, 0.717) is 0 Å². The van der Waals surface area contributed by atoms with Gasteiger partial charge in [0.15, 0.2) is 5.96 Å². The van der Waals surface area contributed by atoms with E-state index in [0.717, 1.165) is 50.8 Å². The van der Waals surface area contributed by atoms with Gasteiger partial charge in [-0.25, -0.2) is 4.98 Å². The van der Waals surface area contributed by atoms with Gasteiger partial charge in [-0.1, -0.05) is 26.2 Å². The van der Waals surface area contributed by atoms with E-state index in [1.54, 1.807) is 0 Å². The smallest absolute Gasteiger partial charge is 0.191 e. The fourth-order valence-corrected chi connectivity index (χ4v) is 2.33. The second kappa shape index (κ2) is 14.8. The first-order valence-electron chi connectivity index (χ1n) is 8.77. The predicted octanol–water partition coefficient (Wildman–Crippen LogP) is 3.73. The van der Waals surface area contributed by atoms with Crippen molar-refractivity contribution >= 4 is 29.9 Å². The maximum absolute atomic E-state index is 4.63. The van der Waals surface area contributed by atoms with Gasteiger partial charge < -0.3 is 15.2 Å². The Morgan fingerprint density at radius 2 is 1.96 bits per heavy atom. The molecule has 0 aromatic carbocycles. The maximum Gasteiger partial charge on any atom is 0.191 e. The van der Waals surface area contributed by atoms with Gasteiger partial charge in [-0.2, -0.15) is 0 Å². The van der Waals surface area contributed by atoms with Crippen LogP contribution < -0.4 is 10.6 Å². The number of aryl methyl sites for hydroxylation is 2. The summed E-state index contributed by atoms with van der Waals surface area (Å²) in [4.78, 5) is 8.87. The van der Waals surface area contributed by atoms with Gasteiger partial charge in [-0.3, -0.25) is 4.99 Å². The van der Waals surface area contributed by atoms with E-state index in [1.807, 2.05) is 19.3 Å². The van der Waals surface area contributed by atoms with Gasteiger partial charge in [0.1, 0.15) is 5.82 Å². The Balaban J connectivity index is 0.00000484. The molecule has 0 saturated heterocycles. The molecule has 0 fully saturated rings. The van der Waals surface area contributed by atoms with Crippen molar-refractivity contribution in [2.75, 3.05) is 19.6 Å². The number of imidazole rings is 1. The number of rotatable bonds is 11. The van der Waals surface area contributed by atoms with Crippen molar-refractivity contribution in [1.82, 2.24) is 20.2 Å². The van der Waals surface area contributed by atoms with Crippen molar-refractivity contribution in [2.45, 2.75) is 65.8 Å². The third kappa shape index (κ3) is 10.6. The molecule has 23 heavy (non-hydrogen) atoms. The molecule has 1 aromatic heterocycles. The second-order valence-corrected chi connectivity index (χ2v) is 5.62. The van der Waals surface area contributed by atoms with Crippen molar-refractivity contribution in [3.05, 3.63) is 18.2 Å². The molecule has 0 aliphatic rings. The molecule has 0 saturated carbocycles. The molecule has 1 aromatic rings. The number of guanidine groups is 1. The lowest BCUT2D eigenvalue weighted by molar-refractivity contribution is 0.588. The van der Waals surface area contributed by atoms with E-state index in [2.05, 4.69) is 39.0 Å². The van der Waals surface area contributed by atoms with E-state index >= 15 is 0 Å². The van der Waals surface area contributed by atoms with Crippen LogP contribution in [-0.4, -0.2) is 35.1 Å². The number of aromatic nitrogens is 2. The number of hydrogen-bond donors (Lipinski definition) is 2. The van der Waals surface area contributed by atoms with Gasteiger partial charge in [0, 0.05) is 38.6 Å². The Labute approximate surface area is 158 Å². The Bertz CT molecular complexity index is 417. The first-order valence-corrected chi connectivity index (χ1v) is 8.77. The Kier molecular flexibility index (Phi) is 14.3. The molecule has 134 valence electrons. The topological polar surface area (TPSA) is 54.2 Å². The van der Waals surface area contributed by atoms with Crippen LogP contribution in [0.3, 0.4) is 0 Å². The van der Waals surface area contributed by atoms with Crippen LogP contribution in [0.1, 0.15) is 58.2 Å². The first kappa shape index (κ1) is 22.2. The first-order chi connectivity index (χ1) is 10.8. The number of aliphatic imine (C=N–C) groups is 1. The number of nitrogens with one attached hydrogen (secondary N) is 2. The van der Waals surface area contributed by atoms with Crippen molar-refractivity contribution in [3.8, 4) is 0 Å². The Morgan fingerprint density at radius 3 is 2.61 bits per heavy atom. The molecule has 5 nitrogen and oxygen atoms in total. The molecule has 0 amide bonds. The molecule has 0 bridgehead atoms. The Morgan fingerprint density at radius 1 is 1.13 bits per heavy atom. The molecule has 6 heteroatoms. The molecule has 0 unspecified atom stereocenters. The third-order valence-electron chi connectivity index (χ3n) is 3.67. The van der Waals surface area contributed by atoms with Gasteiger partial charge in [0.25, 0.3) is 0 Å². The maximum atomic E-state index is 4.63. The second-order valence-electron chi connectivity index (χ2n) is 5.62. The van der Waals surface area contributed by atoms with Crippen molar-refractivity contribution in [2.24, 2.45) is 4.99 Å². The SMILES string of the molecule is CCCCCCN=C(NCC)NCCCCn1ccnc1C.I.